The third-order valence-electron chi connectivity index (χ3n) is 8.50. The molecular formula is C35H31N5O6S3. The van der Waals surface area contributed by atoms with E-state index < -0.39 is 33.9 Å². The maximum absolute atomic E-state index is 14.1. The monoisotopic (exact) mass is 713 g/mol. The molecule has 2 amide bonds. The van der Waals surface area contributed by atoms with Gasteiger partial charge in [-0.2, -0.15) is 0 Å². The molecule has 49 heavy (non-hydrogen) atoms. The van der Waals surface area contributed by atoms with Crippen molar-refractivity contribution >= 4 is 63.5 Å². The molecule has 4 heterocycles. The van der Waals surface area contributed by atoms with E-state index in [4.69, 9.17) is 20.0 Å². The molecule has 0 radical (unpaired) electrons. The van der Waals surface area contributed by atoms with Gasteiger partial charge in [0.15, 0.2) is 10.8 Å². The number of fused-ring (bicyclic) bond motifs is 1. The minimum Gasteiger partial charge on any atom is -0.375 e. The number of nitrogens with one attached hydrogen (secondary N) is 1. The van der Waals surface area contributed by atoms with Crippen LogP contribution in [0.4, 0.5) is 5.13 Å². The van der Waals surface area contributed by atoms with Crippen LogP contribution in [0, 0.1) is 0 Å². The van der Waals surface area contributed by atoms with Crippen molar-refractivity contribution in [2.45, 2.75) is 29.5 Å². The molecule has 0 saturated carbocycles. The number of β-lactam (4-membered cyclic amide) rings is 1. The van der Waals surface area contributed by atoms with E-state index in [1.807, 2.05) is 91.0 Å². The first-order valence-electron chi connectivity index (χ1n) is 15.4. The van der Waals surface area contributed by atoms with E-state index in [9.17, 15) is 14.4 Å². The summed E-state index contributed by atoms with van der Waals surface area (Å²) >= 11 is 6.68. The Morgan fingerprint density at radius 1 is 1.02 bits per heavy atom. The van der Waals surface area contributed by atoms with E-state index in [0.717, 1.165) is 33.6 Å². The fraction of sp³-hybridized carbons (Fsp3) is 0.229. The number of rotatable bonds is 11. The smallest absolute Gasteiger partial charge is 0.276 e. The van der Waals surface area contributed by atoms with Gasteiger partial charge in [-0.3, -0.25) is 19.3 Å². The van der Waals surface area contributed by atoms with Gasteiger partial charge in [0.05, 0.1) is 18.4 Å². The number of hydrogen-bond donors (Lipinski definition) is 3. The number of anilines is 1. The lowest BCUT2D eigenvalue weighted by molar-refractivity contribution is -0.146. The van der Waals surface area contributed by atoms with E-state index in [-0.39, 0.29) is 35.1 Å². The van der Waals surface area contributed by atoms with Crippen LogP contribution >= 0.6 is 35.7 Å². The first-order valence-corrected chi connectivity index (χ1v) is 17.8. The average molecular weight is 714 g/mol. The first kappa shape index (κ1) is 33.0. The second-order valence-electron chi connectivity index (χ2n) is 11.5. The second-order valence-corrected chi connectivity index (χ2v) is 13.9. The molecule has 14 heteroatoms. The normalized spacial score (nSPS) is 20.8. The molecule has 3 N–H and O–H groups in total. The summed E-state index contributed by atoms with van der Waals surface area (Å²) in [4.78, 5) is 52.7. The van der Waals surface area contributed by atoms with Crippen molar-refractivity contribution in [1.82, 2.24) is 15.2 Å². The Morgan fingerprint density at radius 2 is 1.63 bits per heavy atom. The predicted molar refractivity (Wildman–Crippen MR) is 190 cm³/mol. The fourth-order valence-electron chi connectivity index (χ4n) is 6.21. The van der Waals surface area contributed by atoms with Gasteiger partial charge in [0.2, 0.25) is 10.7 Å². The van der Waals surface area contributed by atoms with Gasteiger partial charge in [0, 0.05) is 34.2 Å². The number of thiazole rings is 1. The quantitative estimate of drug-likeness (QED) is 0.0681. The molecule has 11 nitrogen and oxygen atoms in total. The van der Waals surface area contributed by atoms with Gasteiger partial charge in [0.25, 0.3) is 11.8 Å². The zero-order valence-corrected chi connectivity index (χ0v) is 28.5. The number of amides is 2. The summed E-state index contributed by atoms with van der Waals surface area (Å²) in [7, 11) is 0. The fourth-order valence-corrected chi connectivity index (χ4v) is 8.38. The number of nitrogen functional groups attached to an aromatic ring is 1. The molecule has 2 saturated heterocycles. The molecule has 3 atom stereocenters. The Labute approximate surface area is 295 Å². The van der Waals surface area contributed by atoms with Gasteiger partial charge in [-0.1, -0.05) is 109 Å². The van der Waals surface area contributed by atoms with Crippen LogP contribution in [0.25, 0.3) is 0 Å². The molecule has 1 aromatic heterocycles. The van der Waals surface area contributed by atoms with Gasteiger partial charge < -0.3 is 25.4 Å². The summed E-state index contributed by atoms with van der Waals surface area (Å²) in [6.07, 6.45) is 0.230. The number of nitrogens with zero attached hydrogens (tertiary/aromatic N) is 3. The van der Waals surface area contributed by atoms with Crippen molar-refractivity contribution in [1.29, 1.82) is 0 Å². The minimum absolute atomic E-state index is 0.160. The molecule has 250 valence electrons. The molecule has 0 spiro atoms. The highest BCUT2D eigenvalue weighted by Crippen LogP contribution is 2.43. The molecule has 3 aromatic carbocycles. The summed E-state index contributed by atoms with van der Waals surface area (Å²) in [6.45, 7) is 0.597. The number of thioether (sulfide) groups is 1. The molecular weight excluding hydrogens is 683 g/mol. The Kier molecular flexibility index (Phi) is 9.56. The Bertz CT molecular complexity index is 1820. The Morgan fingerprint density at radius 3 is 2.14 bits per heavy atom. The number of carbonyl (C=O) groups is 3. The number of thiol groups is 1. The Balaban J connectivity index is 1.23. The molecule has 3 aliphatic heterocycles. The van der Waals surface area contributed by atoms with Crippen LogP contribution in [0.2, 0.25) is 0 Å². The van der Waals surface area contributed by atoms with E-state index in [0.29, 0.717) is 18.8 Å². The van der Waals surface area contributed by atoms with Gasteiger partial charge in [0.1, 0.15) is 23.9 Å². The molecule has 7 rings (SSSR count). The van der Waals surface area contributed by atoms with E-state index in [1.54, 1.807) is 5.38 Å². The van der Waals surface area contributed by atoms with E-state index in [2.05, 4.69) is 28.1 Å². The highest BCUT2D eigenvalue weighted by atomic mass is 32.2. The third kappa shape index (κ3) is 6.37. The average Bonchev–Trinajstić information content (AvgIpc) is 3.81. The number of carbonyl (C=O) groups excluding carboxylic acids is 3. The second kappa shape index (κ2) is 14.2. The van der Waals surface area contributed by atoms with Crippen molar-refractivity contribution < 1.29 is 28.7 Å². The molecule has 2 fully saturated rings. The lowest BCUT2D eigenvalue weighted by Crippen LogP contribution is -2.71. The summed E-state index contributed by atoms with van der Waals surface area (Å²) in [5, 5.41) is 8.15. The topological polar surface area (TPSA) is 145 Å². The SMILES string of the molecule is Nc1nc(/C(=N\OC(c2ccccc2)(c2ccccc2)c2ccccc2)C(=O)NC2C(=O)N3C(C(=O)S)=C(CC4COCO4)CS[C@H]23)cs1. The van der Waals surface area contributed by atoms with Gasteiger partial charge in [-0.05, 0) is 5.57 Å². The zero-order chi connectivity index (χ0) is 34.0. The number of hydrogen-bond acceptors (Lipinski definition) is 11. The number of nitrogens with two attached hydrogens (primary N) is 1. The number of aromatic nitrogens is 1. The standard InChI is InChI=1S/C35H31N5O6S3/c36-34-37-26(19-49-34)27(30(41)38-28-31(42)40-29(33(43)47)21(18-48-32(28)40)16-25-17-44-20-45-25)39-46-35(22-10-4-1-5-11-22,23-12-6-2-7-13-23)24-14-8-3-9-15-24/h1-15,19,25,28,32H,16-18,20H2,(H2,36,37)(H,38,41)(H,43,47)/b39-27+/t25?,28?,32-/m1/s1. The van der Waals surface area contributed by atoms with Gasteiger partial charge in [-0.25, -0.2) is 4.98 Å². The summed E-state index contributed by atoms with van der Waals surface area (Å²) in [6, 6.07) is 27.9. The third-order valence-corrected chi connectivity index (χ3v) is 10.7. The molecule has 4 aromatic rings. The minimum atomic E-state index is -1.27. The maximum Gasteiger partial charge on any atom is 0.276 e. The molecule has 0 bridgehead atoms. The molecule has 0 aliphatic carbocycles. The highest BCUT2D eigenvalue weighted by Gasteiger charge is 2.54. The molecule has 3 aliphatic rings. The number of benzene rings is 3. The van der Waals surface area contributed by atoms with Crippen molar-refractivity contribution in [2.24, 2.45) is 5.16 Å². The zero-order valence-electron chi connectivity index (χ0n) is 25.9. The van der Waals surface area contributed by atoms with E-state index in [1.165, 1.54) is 16.7 Å². The maximum atomic E-state index is 14.1. The summed E-state index contributed by atoms with van der Waals surface area (Å²) in [5.74, 6) is -0.658. The van der Waals surface area contributed by atoms with Crippen molar-refractivity contribution in [2.75, 3.05) is 24.9 Å². The van der Waals surface area contributed by atoms with Crippen LogP contribution in [0.5, 0.6) is 0 Å². The van der Waals surface area contributed by atoms with Crippen molar-refractivity contribution in [3.63, 3.8) is 0 Å². The van der Waals surface area contributed by atoms with Crippen LogP contribution in [-0.4, -0.2) is 69.2 Å². The predicted octanol–water partition coefficient (Wildman–Crippen LogP) is 4.31. The van der Waals surface area contributed by atoms with E-state index >= 15 is 0 Å². The largest absolute Gasteiger partial charge is 0.375 e. The van der Waals surface area contributed by atoms with Gasteiger partial charge >= 0.3 is 0 Å². The highest BCUT2D eigenvalue weighted by molar-refractivity contribution is 8.00. The Hall–Kier alpha value is -4.47. The van der Waals surface area contributed by atoms with Crippen LogP contribution in [0.3, 0.4) is 0 Å². The van der Waals surface area contributed by atoms with Crippen molar-refractivity contribution in [3.8, 4) is 0 Å². The summed E-state index contributed by atoms with van der Waals surface area (Å²) in [5.41, 5.74) is 8.06. The summed E-state index contributed by atoms with van der Waals surface area (Å²) < 4.78 is 10.9. The van der Waals surface area contributed by atoms with Crippen LogP contribution in [0.15, 0.2) is 113 Å². The van der Waals surface area contributed by atoms with Crippen LogP contribution in [0.1, 0.15) is 28.8 Å². The molecule has 2 unspecified atom stereocenters. The lowest BCUT2D eigenvalue weighted by atomic mass is 9.80. The first-order chi connectivity index (χ1) is 23.9. The number of oxime groups is 1. The lowest BCUT2D eigenvalue weighted by Gasteiger charge is -2.50. The number of ether oxygens (including phenoxy) is 2. The van der Waals surface area contributed by atoms with Crippen LogP contribution < -0.4 is 11.1 Å². The van der Waals surface area contributed by atoms with Crippen LogP contribution in [-0.2, 0) is 34.3 Å². The van der Waals surface area contributed by atoms with Gasteiger partial charge in [-0.15, -0.1) is 23.1 Å². The van der Waals surface area contributed by atoms with Crippen molar-refractivity contribution in [3.05, 3.63) is 130 Å².